The van der Waals surface area contributed by atoms with Crippen LogP contribution in [-0.4, -0.2) is 11.9 Å². The van der Waals surface area contributed by atoms with Gasteiger partial charge in [0.15, 0.2) is 5.76 Å². The van der Waals surface area contributed by atoms with Crippen molar-refractivity contribution in [2.45, 2.75) is 19.4 Å². The van der Waals surface area contributed by atoms with E-state index in [4.69, 9.17) is 4.42 Å². The van der Waals surface area contributed by atoms with Crippen LogP contribution in [0.1, 0.15) is 23.9 Å². The Morgan fingerprint density at radius 3 is 3.00 bits per heavy atom. The third-order valence-corrected chi connectivity index (χ3v) is 2.17. The summed E-state index contributed by atoms with van der Waals surface area (Å²) in [6, 6.07) is 3.75. The van der Waals surface area contributed by atoms with Crippen LogP contribution in [0.5, 0.6) is 0 Å². The molecule has 0 saturated heterocycles. The fourth-order valence-corrected chi connectivity index (χ4v) is 1.17. The summed E-state index contributed by atoms with van der Waals surface area (Å²) in [6.07, 6.45) is 2.59. The molecule has 12 heavy (non-hydrogen) atoms. The first kappa shape index (κ1) is 7.40. The standard InChI is InChI=1S/C9H11NO2/c1-6-5-7(6)10-9(11)8-3-2-4-12-8/h2-4,6-7H,5H2,1H3,(H,10,11). The minimum atomic E-state index is -0.102. The molecular weight excluding hydrogens is 154 g/mol. The monoisotopic (exact) mass is 165 g/mol. The zero-order valence-corrected chi connectivity index (χ0v) is 6.91. The Hall–Kier alpha value is -1.25. The van der Waals surface area contributed by atoms with E-state index < -0.39 is 0 Å². The molecule has 64 valence electrons. The quantitative estimate of drug-likeness (QED) is 0.720. The van der Waals surface area contributed by atoms with Crippen LogP contribution in [0.25, 0.3) is 0 Å². The fraction of sp³-hybridized carbons (Fsp3) is 0.444. The molecule has 1 aliphatic rings. The van der Waals surface area contributed by atoms with E-state index in [0.717, 1.165) is 6.42 Å². The molecule has 0 aromatic carbocycles. The number of rotatable bonds is 2. The van der Waals surface area contributed by atoms with Crippen molar-refractivity contribution in [1.29, 1.82) is 0 Å². The predicted molar refractivity (Wildman–Crippen MR) is 43.7 cm³/mol. The lowest BCUT2D eigenvalue weighted by Gasteiger charge is -1.98. The molecule has 1 fully saturated rings. The number of carbonyl (C=O) groups excluding carboxylic acids is 1. The van der Waals surface area contributed by atoms with E-state index in [1.807, 2.05) is 0 Å². The van der Waals surface area contributed by atoms with E-state index in [-0.39, 0.29) is 5.91 Å². The SMILES string of the molecule is CC1CC1NC(=O)c1ccco1. The number of hydrogen-bond donors (Lipinski definition) is 1. The maximum atomic E-state index is 11.3. The number of amides is 1. The minimum Gasteiger partial charge on any atom is -0.459 e. The third-order valence-electron chi connectivity index (χ3n) is 2.17. The van der Waals surface area contributed by atoms with Gasteiger partial charge in [0.05, 0.1) is 6.26 Å². The van der Waals surface area contributed by atoms with Gasteiger partial charge in [-0.2, -0.15) is 0 Å². The van der Waals surface area contributed by atoms with Gasteiger partial charge in [-0.1, -0.05) is 6.92 Å². The molecule has 3 nitrogen and oxygen atoms in total. The maximum Gasteiger partial charge on any atom is 0.287 e. The Balaban J connectivity index is 1.93. The Kier molecular flexibility index (Phi) is 1.64. The zero-order valence-electron chi connectivity index (χ0n) is 6.91. The van der Waals surface area contributed by atoms with Gasteiger partial charge in [0.1, 0.15) is 0 Å². The Morgan fingerprint density at radius 2 is 2.50 bits per heavy atom. The molecule has 1 aromatic heterocycles. The van der Waals surface area contributed by atoms with Crippen molar-refractivity contribution in [3.8, 4) is 0 Å². The van der Waals surface area contributed by atoms with E-state index in [1.54, 1.807) is 12.1 Å². The lowest BCUT2D eigenvalue weighted by molar-refractivity contribution is 0.0921. The highest BCUT2D eigenvalue weighted by molar-refractivity contribution is 5.91. The lowest BCUT2D eigenvalue weighted by Crippen LogP contribution is -2.25. The van der Waals surface area contributed by atoms with Crippen molar-refractivity contribution in [2.24, 2.45) is 5.92 Å². The van der Waals surface area contributed by atoms with Crippen molar-refractivity contribution in [3.63, 3.8) is 0 Å². The van der Waals surface area contributed by atoms with Gasteiger partial charge in [-0.3, -0.25) is 4.79 Å². The molecule has 1 heterocycles. The van der Waals surface area contributed by atoms with Crippen LogP contribution in [0, 0.1) is 5.92 Å². The second kappa shape index (κ2) is 2.66. The first-order valence-corrected chi connectivity index (χ1v) is 4.12. The van der Waals surface area contributed by atoms with Crippen molar-refractivity contribution < 1.29 is 9.21 Å². The topological polar surface area (TPSA) is 42.2 Å². The molecule has 2 rings (SSSR count). The molecule has 2 unspecified atom stereocenters. The molecule has 2 atom stereocenters. The Bertz CT molecular complexity index is 279. The fourth-order valence-electron chi connectivity index (χ4n) is 1.17. The van der Waals surface area contributed by atoms with E-state index >= 15 is 0 Å². The molecule has 1 aromatic rings. The van der Waals surface area contributed by atoms with Crippen molar-refractivity contribution in [1.82, 2.24) is 5.32 Å². The average molecular weight is 165 g/mol. The summed E-state index contributed by atoms with van der Waals surface area (Å²) in [7, 11) is 0. The van der Waals surface area contributed by atoms with Gasteiger partial charge in [0.25, 0.3) is 5.91 Å². The molecule has 0 aliphatic heterocycles. The average Bonchev–Trinajstić information content (AvgIpc) is 2.58. The highest BCUT2D eigenvalue weighted by Crippen LogP contribution is 2.29. The molecule has 3 heteroatoms. The van der Waals surface area contributed by atoms with Crippen molar-refractivity contribution >= 4 is 5.91 Å². The predicted octanol–water partition coefficient (Wildman–Crippen LogP) is 1.42. The zero-order chi connectivity index (χ0) is 8.55. The largest absolute Gasteiger partial charge is 0.459 e. The van der Waals surface area contributed by atoms with Crippen molar-refractivity contribution in [3.05, 3.63) is 24.2 Å². The van der Waals surface area contributed by atoms with Crippen LogP contribution in [0.3, 0.4) is 0 Å². The molecule has 1 saturated carbocycles. The number of nitrogens with one attached hydrogen (secondary N) is 1. The van der Waals surface area contributed by atoms with Crippen LogP contribution in [0.4, 0.5) is 0 Å². The minimum absolute atomic E-state index is 0.102. The summed E-state index contributed by atoms with van der Waals surface area (Å²) < 4.78 is 4.95. The summed E-state index contributed by atoms with van der Waals surface area (Å²) >= 11 is 0. The summed E-state index contributed by atoms with van der Waals surface area (Å²) in [5.41, 5.74) is 0. The number of hydrogen-bond acceptors (Lipinski definition) is 2. The second-order valence-corrected chi connectivity index (χ2v) is 3.27. The smallest absolute Gasteiger partial charge is 0.287 e. The highest BCUT2D eigenvalue weighted by Gasteiger charge is 2.34. The Morgan fingerprint density at radius 1 is 1.75 bits per heavy atom. The van der Waals surface area contributed by atoms with Gasteiger partial charge in [0, 0.05) is 6.04 Å². The van der Waals surface area contributed by atoms with Gasteiger partial charge in [-0.25, -0.2) is 0 Å². The molecule has 0 bridgehead atoms. The molecule has 0 radical (unpaired) electrons. The molecule has 1 aliphatic carbocycles. The summed E-state index contributed by atoms with van der Waals surface area (Å²) in [5.74, 6) is 0.923. The van der Waals surface area contributed by atoms with Crippen LogP contribution in [0.15, 0.2) is 22.8 Å². The van der Waals surface area contributed by atoms with Crippen molar-refractivity contribution in [2.75, 3.05) is 0 Å². The summed E-state index contributed by atoms with van der Waals surface area (Å²) in [5, 5.41) is 2.87. The molecule has 1 amide bonds. The van der Waals surface area contributed by atoms with E-state index in [2.05, 4.69) is 12.2 Å². The normalized spacial score (nSPS) is 26.8. The second-order valence-electron chi connectivity index (χ2n) is 3.27. The van der Waals surface area contributed by atoms with Gasteiger partial charge in [-0.15, -0.1) is 0 Å². The van der Waals surface area contributed by atoms with Crippen LogP contribution in [0.2, 0.25) is 0 Å². The molecule has 0 spiro atoms. The van der Waals surface area contributed by atoms with E-state index in [9.17, 15) is 4.79 Å². The highest BCUT2D eigenvalue weighted by atomic mass is 16.3. The van der Waals surface area contributed by atoms with Crippen LogP contribution < -0.4 is 5.32 Å². The van der Waals surface area contributed by atoms with Crippen LogP contribution in [-0.2, 0) is 0 Å². The first-order chi connectivity index (χ1) is 5.77. The van der Waals surface area contributed by atoms with Gasteiger partial charge >= 0.3 is 0 Å². The number of furan rings is 1. The summed E-state index contributed by atoms with van der Waals surface area (Å²) in [6.45, 7) is 2.12. The van der Waals surface area contributed by atoms with Gasteiger partial charge < -0.3 is 9.73 Å². The van der Waals surface area contributed by atoms with Crippen LogP contribution >= 0.6 is 0 Å². The number of carbonyl (C=O) groups is 1. The van der Waals surface area contributed by atoms with Gasteiger partial charge in [-0.05, 0) is 24.5 Å². The maximum absolute atomic E-state index is 11.3. The third kappa shape index (κ3) is 1.35. The van der Waals surface area contributed by atoms with E-state index in [0.29, 0.717) is 17.7 Å². The first-order valence-electron chi connectivity index (χ1n) is 4.12. The summed E-state index contributed by atoms with van der Waals surface area (Å²) in [4.78, 5) is 11.3. The molecule has 1 N–H and O–H groups in total. The Labute approximate surface area is 70.8 Å². The van der Waals surface area contributed by atoms with E-state index in [1.165, 1.54) is 6.26 Å². The lowest BCUT2D eigenvalue weighted by atomic mass is 10.4. The van der Waals surface area contributed by atoms with Gasteiger partial charge in [0.2, 0.25) is 0 Å². The molecular formula is C9H11NO2.